The lowest BCUT2D eigenvalue weighted by atomic mass is 10.2. The van der Waals surface area contributed by atoms with Crippen LogP contribution in [0.5, 0.6) is 0 Å². The molecule has 23 heavy (non-hydrogen) atoms. The Hall–Kier alpha value is -2.99. The van der Waals surface area contributed by atoms with E-state index in [1.54, 1.807) is 36.0 Å². The Morgan fingerprint density at radius 2 is 1.61 bits per heavy atom. The van der Waals surface area contributed by atoms with E-state index in [9.17, 15) is 0 Å². The van der Waals surface area contributed by atoms with Gasteiger partial charge >= 0.3 is 0 Å². The summed E-state index contributed by atoms with van der Waals surface area (Å²) in [5.74, 6) is 0.610. The molecule has 4 rings (SSSR count). The molecule has 0 aliphatic carbocycles. The molecule has 0 amide bonds. The second-order valence-corrected chi connectivity index (χ2v) is 5.78. The molecule has 0 saturated heterocycles. The Kier molecular flexibility index (Phi) is 3.57. The van der Waals surface area contributed by atoms with Gasteiger partial charge in [-0.3, -0.25) is 4.98 Å². The lowest BCUT2D eigenvalue weighted by molar-refractivity contribution is 1.14. The Morgan fingerprint density at radius 1 is 0.739 bits per heavy atom. The van der Waals surface area contributed by atoms with Crippen LogP contribution in [0.4, 0.5) is 0 Å². The van der Waals surface area contributed by atoms with E-state index in [-0.39, 0.29) is 0 Å². The maximum Gasteiger partial charge on any atom is 0.178 e. The van der Waals surface area contributed by atoms with Gasteiger partial charge in [-0.1, -0.05) is 12.1 Å². The van der Waals surface area contributed by atoms with Crippen LogP contribution in [-0.2, 0) is 0 Å². The van der Waals surface area contributed by atoms with Crippen LogP contribution in [0.1, 0.15) is 0 Å². The van der Waals surface area contributed by atoms with E-state index in [2.05, 4.69) is 24.9 Å². The third kappa shape index (κ3) is 2.84. The molecule has 0 aliphatic rings. The van der Waals surface area contributed by atoms with Gasteiger partial charge in [0.05, 0.1) is 10.6 Å². The molecular formula is C17H11N5S. The molecule has 4 aromatic rings. The molecule has 4 aromatic heterocycles. The van der Waals surface area contributed by atoms with Crippen LogP contribution in [0.3, 0.4) is 0 Å². The fourth-order valence-corrected chi connectivity index (χ4v) is 3.02. The topological polar surface area (TPSA) is 64.5 Å². The summed E-state index contributed by atoms with van der Waals surface area (Å²) in [5, 5.41) is 0.863. The summed E-state index contributed by atoms with van der Waals surface area (Å²) >= 11 is 1.59. The number of aromatic nitrogens is 5. The SMILES string of the molecule is c1cnc(-c2cccc(-c3ncc(-c4cccnc4)s3)n2)nc1. The van der Waals surface area contributed by atoms with Crippen LogP contribution < -0.4 is 0 Å². The summed E-state index contributed by atoms with van der Waals surface area (Å²) in [4.78, 5) is 22.8. The second-order valence-electron chi connectivity index (χ2n) is 4.75. The Labute approximate surface area is 136 Å². The van der Waals surface area contributed by atoms with E-state index >= 15 is 0 Å². The molecular weight excluding hydrogens is 306 g/mol. The van der Waals surface area contributed by atoms with Gasteiger partial charge in [-0.15, -0.1) is 11.3 Å². The van der Waals surface area contributed by atoms with Gasteiger partial charge in [0.1, 0.15) is 10.7 Å². The largest absolute Gasteiger partial charge is 0.264 e. The number of rotatable bonds is 3. The number of thiazole rings is 1. The molecule has 4 heterocycles. The summed E-state index contributed by atoms with van der Waals surface area (Å²) in [6.07, 6.45) is 8.86. The average Bonchev–Trinajstić information content (AvgIpc) is 3.14. The Balaban J connectivity index is 1.71. The fourth-order valence-electron chi connectivity index (χ4n) is 2.14. The summed E-state index contributed by atoms with van der Waals surface area (Å²) in [6.45, 7) is 0. The third-order valence-electron chi connectivity index (χ3n) is 3.21. The zero-order valence-corrected chi connectivity index (χ0v) is 12.8. The maximum atomic E-state index is 4.63. The minimum Gasteiger partial charge on any atom is -0.264 e. The van der Waals surface area contributed by atoms with Gasteiger partial charge in [0, 0.05) is 36.5 Å². The molecule has 0 N–H and O–H groups in total. The first kappa shape index (κ1) is 13.7. The molecule has 0 aromatic carbocycles. The van der Waals surface area contributed by atoms with Crippen molar-refractivity contribution in [3.63, 3.8) is 0 Å². The average molecular weight is 317 g/mol. The molecule has 0 saturated carbocycles. The molecule has 0 radical (unpaired) electrons. The van der Waals surface area contributed by atoms with Crippen molar-refractivity contribution in [3.05, 3.63) is 67.4 Å². The smallest absolute Gasteiger partial charge is 0.178 e. The number of hydrogen-bond acceptors (Lipinski definition) is 6. The van der Waals surface area contributed by atoms with Crippen molar-refractivity contribution < 1.29 is 0 Å². The van der Waals surface area contributed by atoms with E-state index in [4.69, 9.17) is 0 Å². The van der Waals surface area contributed by atoms with Crippen molar-refractivity contribution in [2.75, 3.05) is 0 Å². The van der Waals surface area contributed by atoms with Crippen molar-refractivity contribution in [3.8, 4) is 32.7 Å². The minimum absolute atomic E-state index is 0.610. The van der Waals surface area contributed by atoms with Crippen LogP contribution in [-0.4, -0.2) is 24.9 Å². The van der Waals surface area contributed by atoms with E-state index in [0.29, 0.717) is 5.82 Å². The zero-order valence-electron chi connectivity index (χ0n) is 12.0. The standard InChI is InChI=1S/C17H11N5S/c1-5-13(16-19-8-3-9-20-16)22-14(6-1)17-21-11-15(23-17)12-4-2-7-18-10-12/h1-11H. The zero-order chi connectivity index (χ0) is 15.5. The van der Waals surface area contributed by atoms with Crippen molar-refractivity contribution >= 4 is 11.3 Å². The summed E-state index contributed by atoms with van der Waals surface area (Å²) in [7, 11) is 0. The van der Waals surface area contributed by atoms with Crippen LogP contribution in [0, 0.1) is 0 Å². The van der Waals surface area contributed by atoms with Crippen LogP contribution in [0.2, 0.25) is 0 Å². The van der Waals surface area contributed by atoms with E-state index in [0.717, 1.165) is 26.8 Å². The summed E-state index contributed by atoms with van der Waals surface area (Å²) < 4.78 is 0. The summed E-state index contributed by atoms with van der Waals surface area (Å²) in [6, 6.07) is 11.5. The predicted molar refractivity (Wildman–Crippen MR) is 89.6 cm³/mol. The first-order valence-electron chi connectivity index (χ1n) is 7.01. The maximum absolute atomic E-state index is 4.63. The van der Waals surface area contributed by atoms with Gasteiger partial charge in [-0.05, 0) is 24.3 Å². The fraction of sp³-hybridized carbons (Fsp3) is 0. The van der Waals surface area contributed by atoms with Crippen LogP contribution in [0.25, 0.3) is 32.7 Å². The van der Waals surface area contributed by atoms with Gasteiger partial charge < -0.3 is 0 Å². The predicted octanol–water partition coefficient (Wildman–Crippen LogP) is 3.72. The lowest BCUT2D eigenvalue weighted by Crippen LogP contribution is -1.91. The molecule has 0 bridgehead atoms. The van der Waals surface area contributed by atoms with Crippen molar-refractivity contribution in [1.82, 2.24) is 24.9 Å². The monoisotopic (exact) mass is 317 g/mol. The van der Waals surface area contributed by atoms with E-state index < -0.39 is 0 Å². The first-order chi connectivity index (χ1) is 11.4. The van der Waals surface area contributed by atoms with Gasteiger partial charge in [0.2, 0.25) is 0 Å². The highest BCUT2D eigenvalue weighted by molar-refractivity contribution is 7.18. The van der Waals surface area contributed by atoms with Crippen molar-refractivity contribution in [1.29, 1.82) is 0 Å². The molecule has 0 aliphatic heterocycles. The van der Waals surface area contributed by atoms with Crippen molar-refractivity contribution in [2.45, 2.75) is 0 Å². The molecule has 0 spiro atoms. The Morgan fingerprint density at radius 3 is 2.43 bits per heavy atom. The molecule has 0 unspecified atom stereocenters. The number of nitrogens with zero attached hydrogens (tertiary/aromatic N) is 5. The first-order valence-corrected chi connectivity index (χ1v) is 7.83. The second kappa shape index (κ2) is 6.02. The highest BCUT2D eigenvalue weighted by Gasteiger charge is 2.10. The molecule has 110 valence electrons. The molecule has 0 atom stereocenters. The van der Waals surface area contributed by atoms with Gasteiger partial charge in [0.15, 0.2) is 5.82 Å². The number of pyridine rings is 2. The van der Waals surface area contributed by atoms with Gasteiger partial charge in [-0.25, -0.2) is 19.9 Å². The molecule has 6 heteroatoms. The van der Waals surface area contributed by atoms with Crippen molar-refractivity contribution in [2.24, 2.45) is 0 Å². The molecule has 5 nitrogen and oxygen atoms in total. The van der Waals surface area contributed by atoms with E-state index in [1.807, 2.05) is 42.7 Å². The van der Waals surface area contributed by atoms with Gasteiger partial charge in [0.25, 0.3) is 0 Å². The summed E-state index contributed by atoms with van der Waals surface area (Å²) in [5.41, 5.74) is 2.61. The third-order valence-corrected chi connectivity index (χ3v) is 4.28. The highest BCUT2D eigenvalue weighted by Crippen LogP contribution is 2.31. The van der Waals surface area contributed by atoms with Crippen LogP contribution in [0.15, 0.2) is 67.4 Å². The molecule has 0 fully saturated rings. The van der Waals surface area contributed by atoms with Crippen LogP contribution >= 0.6 is 11.3 Å². The normalized spacial score (nSPS) is 10.6. The highest BCUT2D eigenvalue weighted by atomic mass is 32.1. The number of hydrogen-bond donors (Lipinski definition) is 0. The quantitative estimate of drug-likeness (QED) is 0.576. The lowest BCUT2D eigenvalue weighted by Gasteiger charge is -2.00. The minimum atomic E-state index is 0.610. The van der Waals surface area contributed by atoms with Gasteiger partial charge in [-0.2, -0.15) is 0 Å². The van der Waals surface area contributed by atoms with E-state index in [1.165, 1.54) is 0 Å². The Bertz CT molecular complexity index is 922.